The second kappa shape index (κ2) is 5.52. The molecular formula is C13H20N2O2S2. The van der Waals surface area contributed by atoms with Crippen LogP contribution in [0.2, 0.25) is 0 Å². The first-order valence-electron chi connectivity index (χ1n) is 6.95. The molecule has 106 valence electrons. The summed E-state index contributed by atoms with van der Waals surface area (Å²) in [5.74, 6) is 0. The van der Waals surface area contributed by atoms with Gasteiger partial charge in [0.25, 0.3) is 0 Å². The van der Waals surface area contributed by atoms with E-state index in [4.69, 9.17) is 0 Å². The molecule has 0 aromatic carbocycles. The van der Waals surface area contributed by atoms with E-state index in [1.54, 1.807) is 11.3 Å². The van der Waals surface area contributed by atoms with Gasteiger partial charge in [0.1, 0.15) is 0 Å². The van der Waals surface area contributed by atoms with Crippen molar-refractivity contribution in [2.24, 2.45) is 0 Å². The lowest BCUT2D eigenvalue weighted by molar-refractivity contribution is 0.469. The van der Waals surface area contributed by atoms with Crippen molar-refractivity contribution in [3.8, 4) is 0 Å². The van der Waals surface area contributed by atoms with E-state index in [1.165, 1.54) is 10.4 Å². The molecule has 0 spiro atoms. The second-order valence-electron chi connectivity index (χ2n) is 5.38. The molecule has 1 aliphatic carbocycles. The van der Waals surface area contributed by atoms with Crippen molar-refractivity contribution < 1.29 is 8.42 Å². The summed E-state index contributed by atoms with van der Waals surface area (Å²) in [6, 6.07) is 2.06. The van der Waals surface area contributed by atoms with Gasteiger partial charge in [0, 0.05) is 17.5 Å². The van der Waals surface area contributed by atoms with Crippen molar-refractivity contribution in [1.82, 2.24) is 10.0 Å². The molecule has 1 aromatic rings. The van der Waals surface area contributed by atoms with Crippen molar-refractivity contribution in [2.75, 3.05) is 13.1 Å². The molecule has 1 aromatic heterocycles. The van der Waals surface area contributed by atoms with Crippen LogP contribution in [0, 0.1) is 0 Å². The number of rotatable bonds is 3. The Morgan fingerprint density at radius 1 is 1.32 bits per heavy atom. The quantitative estimate of drug-likeness (QED) is 0.895. The van der Waals surface area contributed by atoms with Gasteiger partial charge in [0.15, 0.2) is 0 Å². The lowest BCUT2D eigenvalue weighted by Crippen LogP contribution is -2.45. The summed E-state index contributed by atoms with van der Waals surface area (Å²) < 4.78 is 27.8. The maximum absolute atomic E-state index is 12.4. The molecule has 2 unspecified atom stereocenters. The highest BCUT2D eigenvalue weighted by Gasteiger charge is 2.31. The highest BCUT2D eigenvalue weighted by atomic mass is 32.2. The Kier molecular flexibility index (Phi) is 3.93. The lowest BCUT2D eigenvalue weighted by atomic mass is 9.95. The van der Waals surface area contributed by atoms with E-state index in [1.807, 2.05) is 0 Å². The zero-order chi connectivity index (χ0) is 13.3. The van der Waals surface area contributed by atoms with Crippen LogP contribution in [0.15, 0.2) is 11.4 Å². The highest BCUT2D eigenvalue weighted by molar-refractivity contribution is 7.90. The van der Waals surface area contributed by atoms with Crippen LogP contribution >= 0.6 is 11.3 Å². The molecule has 1 fully saturated rings. The molecule has 0 radical (unpaired) electrons. The summed E-state index contributed by atoms with van der Waals surface area (Å²) >= 11 is 1.74. The SMILES string of the molecule is O=S(=O)(NC1CCCc2sccc21)C1CCCNC1. The lowest BCUT2D eigenvalue weighted by Gasteiger charge is -2.28. The number of fused-ring (bicyclic) bond motifs is 1. The monoisotopic (exact) mass is 300 g/mol. The van der Waals surface area contributed by atoms with Gasteiger partial charge in [-0.1, -0.05) is 0 Å². The zero-order valence-electron chi connectivity index (χ0n) is 10.9. The normalized spacial score (nSPS) is 28.0. The van der Waals surface area contributed by atoms with Crippen LogP contribution in [0.4, 0.5) is 0 Å². The van der Waals surface area contributed by atoms with E-state index in [9.17, 15) is 8.42 Å². The average molecular weight is 300 g/mol. The molecule has 19 heavy (non-hydrogen) atoms. The maximum atomic E-state index is 12.4. The molecular weight excluding hydrogens is 280 g/mol. The third-order valence-corrected chi connectivity index (χ3v) is 6.94. The van der Waals surface area contributed by atoms with E-state index in [0.717, 1.165) is 38.6 Å². The van der Waals surface area contributed by atoms with Crippen molar-refractivity contribution >= 4 is 21.4 Å². The molecule has 1 saturated heterocycles. The van der Waals surface area contributed by atoms with E-state index in [2.05, 4.69) is 21.5 Å². The first-order chi connectivity index (χ1) is 9.17. The largest absolute Gasteiger partial charge is 0.315 e. The van der Waals surface area contributed by atoms with Gasteiger partial charge in [-0.3, -0.25) is 0 Å². The number of aryl methyl sites for hydroxylation is 1. The standard InChI is InChI=1S/C13H20N2O2S2/c16-19(17,10-3-2-7-14-9-10)15-12-4-1-5-13-11(12)6-8-18-13/h6,8,10,12,14-15H,1-5,7,9H2. The van der Waals surface area contributed by atoms with Gasteiger partial charge in [0.05, 0.1) is 5.25 Å². The van der Waals surface area contributed by atoms with Crippen LogP contribution in [-0.2, 0) is 16.4 Å². The smallest absolute Gasteiger partial charge is 0.216 e. The summed E-state index contributed by atoms with van der Waals surface area (Å²) in [4.78, 5) is 1.35. The molecule has 3 rings (SSSR count). The molecule has 2 atom stereocenters. The molecule has 0 saturated carbocycles. The molecule has 2 heterocycles. The number of nitrogens with one attached hydrogen (secondary N) is 2. The Hall–Kier alpha value is -0.430. The van der Waals surface area contributed by atoms with Crippen molar-refractivity contribution in [2.45, 2.75) is 43.4 Å². The summed E-state index contributed by atoms with van der Waals surface area (Å²) in [6.45, 7) is 1.52. The Labute approximate surface area is 118 Å². The van der Waals surface area contributed by atoms with Crippen molar-refractivity contribution in [3.05, 3.63) is 21.9 Å². The van der Waals surface area contributed by atoms with E-state index in [0.29, 0.717) is 6.54 Å². The molecule has 1 aliphatic heterocycles. The third kappa shape index (κ3) is 2.86. The number of hydrogen-bond acceptors (Lipinski definition) is 4. The minimum absolute atomic E-state index is 0.0121. The fourth-order valence-corrected chi connectivity index (χ4v) is 5.62. The summed E-state index contributed by atoms with van der Waals surface area (Å²) in [7, 11) is -3.21. The van der Waals surface area contributed by atoms with Gasteiger partial charge in [-0.25, -0.2) is 13.1 Å². The fourth-order valence-electron chi connectivity index (χ4n) is 2.99. The average Bonchev–Trinajstić information content (AvgIpc) is 2.89. The van der Waals surface area contributed by atoms with Crippen LogP contribution in [0.5, 0.6) is 0 Å². The summed E-state index contributed by atoms with van der Waals surface area (Å²) in [5.41, 5.74) is 1.20. The summed E-state index contributed by atoms with van der Waals surface area (Å²) in [5, 5.41) is 4.97. The van der Waals surface area contributed by atoms with Crippen molar-refractivity contribution in [1.29, 1.82) is 0 Å². The third-order valence-electron chi connectivity index (χ3n) is 4.05. The van der Waals surface area contributed by atoms with Crippen LogP contribution in [-0.4, -0.2) is 26.8 Å². The Morgan fingerprint density at radius 3 is 3.00 bits per heavy atom. The predicted octanol–water partition coefficient (Wildman–Crippen LogP) is 1.80. The van der Waals surface area contributed by atoms with Gasteiger partial charge in [-0.05, 0) is 55.7 Å². The van der Waals surface area contributed by atoms with Gasteiger partial charge in [-0.15, -0.1) is 11.3 Å². The second-order valence-corrected chi connectivity index (χ2v) is 8.37. The molecule has 2 aliphatic rings. The van der Waals surface area contributed by atoms with Crippen LogP contribution in [0.1, 0.15) is 42.2 Å². The van der Waals surface area contributed by atoms with E-state index < -0.39 is 10.0 Å². The van der Waals surface area contributed by atoms with Crippen LogP contribution in [0.3, 0.4) is 0 Å². The maximum Gasteiger partial charge on any atom is 0.216 e. The summed E-state index contributed by atoms with van der Waals surface area (Å²) in [6.07, 6.45) is 4.80. The van der Waals surface area contributed by atoms with Gasteiger partial charge in [-0.2, -0.15) is 0 Å². The predicted molar refractivity (Wildman–Crippen MR) is 77.9 cm³/mol. The van der Waals surface area contributed by atoms with Gasteiger partial charge in [0.2, 0.25) is 10.0 Å². The molecule has 4 nitrogen and oxygen atoms in total. The van der Waals surface area contributed by atoms with Crippen LogP contribution in [0.25, 0.3) is 0 Å². The van der Waals surface area contributed by atoms with Crippen LogP contribution < -0.4 is 10.0 Å². The Balaban J connectivity index is 1.75. The van der Waals surface area contributed by atoms with E-state index >= 15 is 0 Å². The Morgan fingerprint density at radius 2 is 2.21 bits per heavy atom. The molecule has 6 heteroatoms. The Bertz CT molecular complexity index is 533. The molecule has 2 N–H and O–H groups in total. The number of piperidine rings is 1. The van der Waals surface area contributed by atoms with Crippen molar-refractivity contribution in [3.63, 3.8) is 0 Å². The number of hydrogen-bond donors (Lipinski definition) is 2. The minimum Gasteiger partial charge on any atom is -0.315 e. The van der Waals surface area contributed by atoms with Gasteiger partial charge < -0.3 is 5.32 Å². The highest BCUT2D eigenvalue weighted by Crippen LogP contribution is 2.34. The van der Waals surface area contributed by atoms with Gasteiger partial charge >= 0.3 is 0 Å². The first kappa shape index (κ1) is 13.5. The van der Waals surface area contributed by atoms with E-state index in [-0.39, 0.29) is 11.3 Å². The first-order valence-corrected chi connectivity index (χ1v) is 9.37. The number of thiophene rings is 1. The topological polar surface area (TPSA) is 58.2 Å². The molecule has 0 amide bonds. The number of sulfonamides is 1. The minimum atomic E-state index is -3.21. The molecule has 0 bridgehead atoms. The zero-order valence-corrected chi connectivity index (χ0v) is 12.5. The fraction of sp³-hybridized carbons (Fsp3) is 0.692.